The van der Waals surface area contributed by atoms with E-state index in [2.05, 4.69) is 16.3 Å². The van der Waals surface area contributed by atoms with Crippen LogP contribution in [0.15, 0.2) is 17.5 Å². The molecule has 1 aliphatic heterocycles. The van der Waals surface area contributed by atoms with E-state index in [-0.39, 0.29) is 29.2 Å². The van der Waals surface area contributed by atoms with Gasteiger partial charge in [0.25, 0.3) is 0 Å². The van der Waals surface area contributed by atoms with E-state index in [0.29, 0.717) is 43.9 Å². The van der Waals surface area contributed by atoms with Crippen molar-refractivity contribution >= 4 is 23.2 Å². The van der Waals surface area contributed by atoms with E-state index in [9.17, 15) is 14.9 Å². The topological polar surface area (TPSA) is 76.4 Å². The van der Waals surface area contributed by atoms with Crippen molar-refractivity contribution in [3.8, 4) is 6.07 Å². The monoisotopic (exact) mass is 468 g/mol. The van der Waals surface area contributed by atoms with E-state index < -0.39 is 6.04 Å². The first-order chi connectivity index (χ1) is 15.9. The molecule has 4 bridgehead atoms. The molecule has 0 radical (unpaired) electrons. The lowest BCUT2D eigenvalue weighted by Crippen LogP contribution is -2.60. The Labute approximate surface area is 201 Å². The van der Waals surface area contributed by atoms with Crippen LogP contribution in [0.4, 0.5) is 0 Å². The third-order valence-electron chi connectivity index (χ3n) is 8.67. The van der Waals surface area contributed by atoms with Crippen molar-refractivity contribution < 1.29 is 9.59 Å². The van der Waals surface area contributed by atoms with Gasteiger partial charge in [-0.25, -0.2) is 0 Å². The van der Waals surface area contributed by atoms with E-state index in [1.165, 1.54) is 19.3 Å². The standard InChI is InChI=1S/C26H36N4O2S/c1-17(2)23(28-25(32)26-13-18-10-19(14-26)12-20(11-18)15-26)24(31)30-7-5-29(6-8-30)21(16-27)22-4-3-9-33-22/h3-4,9,17-21,23H,5-8,10-15H2,1-2H3,(H,28,32)/t18?,19?,20?,21-,23+,26?/m0/s1. The Bertz CT molecular complexity index is 878. The van der Waals surface area contributed by atoms with Crippen LogP contribution in [0.5, 0.6) is 0 Å². The fourth-order valence-electron chi connectivity index (χ4n) is 7.37. The van der Waals surface area contributed by atoms with Gasteiger partial charge in [-0.1, -0.05) is 19.9 Å². The average molecular weight is 469 g/mol. The minimum Gasteiger partial charge on any atom is -0.344 e. The molecule has 178 valence electrons. The Morgan fingerprint density at radius 1 is 1.09 bits per heavy atom. The lowest BCUT2D eigenvalue weighted by molar-refractivity contribution is -0.151. The molecule has 0 unspecified atom stereocenters. The number of hydrogen-bond acceptors (Lipinski definition) is 5. The molecule has 1 aromatic rings. The van der Waals surface area contributed by atoms with Crippen LogP contribution in [0.2, 0.25) is 0 Å². The molecular weight excluding hydrogens is 432 g/mol. The summed E-state index contributed by atoms with van der Waals surface area (Å²) in [5, 5.41) is 14.9. The average Bonchev–Trinajstić information content (AvgIpc) is 3.31. The molecular formula is C26H36N4O2S. The van der Waals surface area contributed by atoms with Gasteiger partial charge in [0, 0.05) is 36.5 Å². The molecule has 7 heteroatoms. The molecule has 5 aliphatic rings. The van der Waals surface area contributed by atoms with Crippen LogP contribution in [0, 0.1) is 40.4 Å². The second-order valence-corrected chi connectivity index (χ2v) is 12.3. The zero-order valence-corrected chi connectivity index (χ0v) is 20.7. The quantitative estimate of drug-likeness (QED) is 0.689. The van der Waals surface area contributed by atoms with Crippen LogP contribution >= 0.6 is 11.3 Å². The number of nitriles is 1. The van der Waals surface area contributed by atoms with Crippen molar-refractivity contribution in [3.05, 3.63) is 22.4 Å². The number of nitrogens with one attached hydrogen (secondary N) is 1. The molecule has 2 atom stereocenters. The van der Waals surface area contributed by atoms with Gasteiger partial charge >= 0.3 is 0 Å². The van der Waals surface area contributed by atoms with Crippen LogP contribution in [0.3, 0.4) is 0 Å². The van der Waals surface area contributed by atoms with Crippen molar-refractivity contribution in [3.63, 3.8) is 0 Å². The maximum absolute atomic E-state index is 13.6. The third-order valence-corrected chi connectivity index (χ3v) is 9.59. The highest BCUT2D eigenvalue weighted by Crippen LogP contribution is 2.60. The minimum atomic E-state index is -0.471. The van der Waals surface area contributed by atoms with Gasteiger partial charge in [0.15, 0.2) is 0 Å². The second kappa shape index (κ2) is 9.03. The maximum Gasteiger partial charge on any atom is 0.245 e. The molecule has 1 aromatic heterocycles. The predicted molar refractivity (Wildman–Crippen MR) is 128 cm³/mol. The lowest BCUT2D eigenvalue weighted by atomic mass is 9.49. The van der Waals surface area contributed by atoms with Crippen molar-refractivity contribution in [2.45, 2.75) is 64.5 Å². The number of nitrogens with zero attached hydrogens (tertiary/aromatic N) is 3. The van der Waals surface area contributed by atoms with Crippen LogP contribution in [-0.2, 0) is 9.59 Å². The summed E-state index contributed by atoms with van der Waals surface area (Å²) < 4.78 is 0. The van der Waals surface area contributed by atoms with Crippen molar-refractivity contribution in [1.82, 2.24) is 15.1 Å². The van der Waals surface area contributed by atoms with Crippen molar-refractivity contribution in [1.29, 1.82) is 5.26 Å². The lowest BCUT2D eigenvalue weighted by Gasteiger charge is -2.56. The van der Waals surface area contributed by atoms with Gasteiger partial charge in [-0.2, -0.15) is 5.26 Å². The summed E-state index contributed by atoms with van der Waals surface area (Å²) in [6.07, 6.45) is 6.96. The Kier molecular flexibility index (Phi) is 6.26. The Morgan fingerprint density at radius 2 is 1.70 bits per heavy atom. The van der Waals surface area contributed by atoms with E-state index in [1.54, 1.807) is 11.3 Å². The second-order valence-electron chi connectivity index (χ2n) is 11.3. The Balaban J connectivity index is 1.22. The fraction of sp³-hybridized carbons (Fsp3) is 0.731. The first-order valence-corrected chi connectivity index (χ1v) is 13.5. The summed E-state index contributed by atoms with van der Waals surface area (Å²) in [6, 6.07) is 5.68. The van der Waals surface area contributed by atoms with Crippen LogP contribution < -0.4 is 5.32 Å². The van der Waals surface area contributed by atoms with E-state index in [4.69, 9.17) is 0 Å². The largest absolute Gasteiger partial charge is 0.344 e. The highest BCUT2D eigenvalue weighted by atomic mass is 32.1. The van der Waals surface area contributed by atoms with Gasteiger partial charge in [-0.05, 0) is 73.6 Å². The minimum absolute atomic E-state index is 0.0346. The molecule has 2 heterocycles. The fourth-order valence-corrected chi connectivity index (χ4v) is 8.17. The van der Waals surface area contributed by atoms with Gasteiger partial charge in [0.2, 0.25) is 11.8 Å². The zero-order valence-electron chi connectivity index (χ0n) is 19.8. The molecule has 1 saturated heterocycles. The maximum atomic E-state index is 13.6. The first-order valence-electron chi connectivity index (χ1n) is 12.7. The van der Waals surface area contributed by atoms with Gasteiger partial charge < -0.3 is 10.2 Å². The number of piperazine rings is 1. The molecule has 5 fully saturated rings. The van der Waals surface area contributed by atoms with E-state index in [0.717, 1.165) is 24.1 Å². The summed E-state index contributed by atoms with van der Waals surface area (Å²) in [4.78, 5) is 32.2. The van der Waals surface area contributed by atoms with Crippen molar-refractivity contribution in [2.75, 3.05) is 26.2 Å². The number of hydrogen-bond donors (Lipinski definition) is 1. The zero-order chi connectivity index (χ0) is 23.2. The molecule has 4 aliphatic carbocycles. The number of amides is 2. The summed E-state index contributed by atoms with van der Waals surface area (Å²) in [7, 11) is 0. The van der Waals surface area contributed by atoms with Gasteiger partial charge in [-0.15, -0.1) is 11.3 Å². The van der Waals surface area contributed by atoms with E-state index in [1.807, 2.05) is 36.3 Å². The summed E-state index contributed by atoms with van der Waals surface area (Å²) in [5.41, 5.74) is -0.235. The number of rotatable bonds is 6. The summed E-state index contributed by atoms with van der Waals surface area (Å²) in [5.74, 6) is 2.34. The number of thiophene rings is 1. The van der Waals surface area contributed by atoms with Gasteiger partial charge in [0.1, 0.15) is 12.1 Å². The summed E-state index contributed by atoms with van der Waals surface area (Å²) >= 11 is 1.60. The number of carbonyl (C=O) groups excluding carboxylic acids is 2. The van der Waals surface area contributed by atoms with Crippen LogP contribution in [-0.4, -0.2) is 53.8 Å². The Hall–Kier alpha value is -1.91. The predicted octanol–water partition coefficient (Wildman–Crippen LogP) is 3.81. The first kappa shape index (κ1) is 22.9. The molecule has 6 nitrogen and oxygen atoms in total. The highest BCUT2D eigenvalue weighted by molar-refractivity contribution is 7.10. The van der Waals surface area contributed by atoms with Gasteiger partial charge in [-0.3, -0.25) is 14.5 Å². The van der Waals surface area contributed by atoms with Crippen molar-refractivity contribution in [2.24, 2.45) is 29.1 Å². The Morgan fingerprint density at radius 3 is 2.18 bits per heavy atom. The molecule has 0 aromatic carbocycles. The molecule has 1 N–H and O–H groups in total. The van der Waals surface area contributed by atoms with Crippen LogP contribution in [0.1, 0.15) is 63.3 Å². The number of carbonyl (C=O) groups is 2. The third kappa shape index (κ3) is 4.33. The highest BCUT2D eigenvalue weighted by Gasteiger charge is 2.55. The van der Waals surface area contributed by atoms with Crippen LogP contribution in [0.25, 0.3) is 0 Å². The SMILES string of the molecule is CC(C)[C@@H](NC(=O)C12CC3CC(CC(C3)C1)C2)C(=O)N1CCN([C@@H](C#N)c2cccs2)CC1. The molecule has 4 saturated carbocycles. The molecule has 0 spiro atoms. The van der Waals surface area contributed by atoms with E-state index >= 15 is 0 Å². The molecule has 6 rings (SSSR count). The van der Waals surface area contributed by atoms with Gasteiger partial charge in [0.05, 0.1) is 6.07 Å². The molecule has 2 amide bonds. The smallest absolute Gasteiger partial charge is 0.245 e. The normalized spacial score (nSPS) is 33.0. The summed E-state index contributed by atoms with van der Waals surface area (Å²) in [6.45, 7) is 6.60. The molecule has 33 heavy (non-hydrogen) atoms.